The number of benzene rings is 1. The second kappa shape index (κ2) is 4.16. The largest absolute Gasteiger partial charge is 0.504 e. The van der Waals surface area contributed by atoms with Crippen LogP contribution in [-0.4, -0.2) is 10.2 Å². The van der Waals surface area contributed by atoms with E-state index in [2.05, 4.69) is 26.0 Å². The Kier molecular flexibility index (Phi) is 2.70. The molecule has 2 N–H and O–H groups in total. The number of hydrogen-bond acceptors (Lipinski definition) is 2. The lowest BCUT2D eigenvalue weighted by atomic mass is 9.49. The zero-order chi connectivity index (χ0) is 13.6. The van der Waals surface area contributed by atoms with E-state index >= 15 is 0 Å². The highest BCUT2D eigenvalue weighted by atomic mass is 16.3. The van der Waals surface area contributed by atoms with Crippen molar-refractivity contribution in [1.29, 1.82) is 0 Å². The normalized spacial score (nSPS) is 28.0. The van der Waals surface area contributed by atoms with Crippen LogP contribution in [0.1, 0.15) is 32.3 Å². The van der Waals surface area contributed by atoms with Crippen molar-refractivity contribution >= 4 is 6.08 Å². The summed E-state index contributed by atoms with van der Waals surface area (Å²) in [4.78, 5) is 0. The van der Waals surface area contributed by atoms with Crippen LogP contribution in [0.3, 0.4) is 0 Å². The Hall–Kier alpha value is -1.70. The highest BCUT2D eigenvalue weighted by molar-refractivity contribution is 5.58. The number of phenolic OH excluding ortho intramolecular Hbond substituents is 2. The van der Waals surface area contributed by atoms with E-state index in [0.29, 0.717) is 11.3 Å². The van der Waals surface area contributed by atoms with Crippen LogP contribution in [0.2, 0.25) is 0 Å². The molecule has 19 heavy (non-hydrogen) atoms. The third-order valence-electron chi connectivity index (χ3n) is 4.98. The minimum Gasteiger partial charge on any atom is -0.504 e. The summed E-state index contributed by atoms with van der Waals surface area (Å²) >= 11 is 0. The predicted octanol–water partition coefficient (Wildman–Crippen LogP) is 4.10. The van der Waals surface area contributed by atoms with Crippen LogP contribution >= 0.6 is 0 Å². The smallest absolute Gasteiger partial charge is 0.157 e. The van der Waals surface area contributed by atoms with Gasteiger partial charge in [0.25, 0.3) is 0 Å². The summed E-state index contributed by atoms with van der Waals surface area (Å²) in [6.07, 6.45) is 9.02. The van der Waals surface area contributed by atoms with Crippen LogP contribution in [0, 0.1) is 17.3 Å². The molecule has 0 aliphatic heterocycles. The minimum atomic E-state index is -0.0722. The molecule has 4 rings (SSSR count). The average molecular weight is 256 g/mol. The number of allylic oxidation sites excluding steroid dienone is 3. The molecule has 0 radical (unpaired) electrons. The molecule has 0 amide bonds. The first-order valence-corrected chi connectivity index (χ1v) is 6.88. The lowest BCUT2D eigenvalue weighted by Crippen LogP contribution is -2.47. The van der Waals surface area contributed by atoms with Gasteiger partial charge in [-0.05, 0) is 53.4 Å². The quantitative estimate of drug-likeness (QED) is 0.782. The molecular weight excluding hydrogens is 236 g/mol. The van der Waals surface area contributed by atoms with Crippen LogP contribution in [0.15, 0.2) is 35.9 Å². The number of hydrogen-bond donors (Lipinski definition) is 2. The van der Waals surface area contributed by atoms with Crippen LogP contribution < -0.4 is 0 Å². The van der Waals surface area contributed by atoms with E-state index in [4.69, 9.17) is 0 Å². The molecule has 1 fully saturated rings. The van der Waals surface area contributed by atoms with Gasteiger partial charge in [0.1, 0.15) is 0 Å². The zero-order valence-corrected chi connectivity index (χ0v) is 11.4. The summed E-state index contributed by atoms with van der Waals surface area (Å²) in [5, 5.41) is 18.8. The van der Waals surface area contributed by atoms with Crippen molar-refractivity contribution in [2.75, 3.05) is 0 Å². The van der Waals surface area contributed by atoms with Gasteiger partial charge in [0.15, 0.2) is 11.5 Å². The molecule has 3 aliphatic carbocycles. The molecule has 1 aromatic carbocycles. The van der Waals surface area contributed by atoms with Crippen molar-refractivity contribution < 1.29 is 10.2 Å². The summed E-state index contributed by atoms with van der Waals surface area (Å²) in [7, 11) is 0. The molecule has 3 aliphatic rings. The third kappa shape index (κ3) is 1.95. The summed E-state index contributed by atoms with van der Waals surface area (Å²) in [5.74, 6) is 1.39. The Bertz CT molecular complexity index is 567. The number of aromatic hydroxyl groups is 2. The Morgan fingerprint density at radius 2 is 1.95 bits per heavy atom. The van der Waals surface area contributed by atoms with E-state index in [1.54, 1.807) is 6.07 Å². The van der Waals surface area contributed by atoms with Crippen molar-refractivity contribution in [2.45, 2.75) is 26.7 Å². The van der Waals surface area contributed by atoms with Crippen LogP contribution in [0.5, 0.6) is 11.5 Å². The minimum absolute atomic E-state index is 0.0659. The molecule has 0 saturated heterocycles. The fraction of sp³-hybridized carbons (Fsp3) is 0.412. The first-order chi connectivity index (χ1) is 8.98. The van der Waals surface area contributed by atoms with Crippen molar-refractivity contribution in [2.24, 2.45) is 17.3 Å². The van der Waals surface area contributed by atoms with Gasteiger partial charge in [-0.25, -0.2) is 0 Å². The van der Waals surface area contributed by atoms with Gasteiger partial charge in [-0.2, -0.15) is 0 Å². The van der Waals surface area contributed by atoms with Gasteiger partial charge in [-0.3, -0.25) is 0 Å². The molecule has 1 aromatic rings. The van der Waals surface area contributed by atoms with Crippen LogP contribution in [-0.2, 0) is 0 Å². The van der Waals surface area contributed by atoms with Crippen molar-refractivity contribution in [1.82, 2.24) is 0 Å². The Labute approximate surface area is 114 Å². The van der Waals surface area contributed by atoms with E-state index in [9.17, 15) is 10.2 Å². The van der Waals surface area contributed by atoms with Crippen LogP contribution in [0.4, 0.5) is 0 Å². The molecule has 0 unspecified atom stereocenters. The summed E-state index contributed by atoms with van der Waals surface area (Å²) < 4.78 is 0. The number of rotatable bonds is 2. The van der Waals surface area contributed by atoms with Crippen LogP contribution in [0.25, 0.3) is 6.08 Å². The molecule has 2 bridgehead atoms. The molecular formula is C17H20O2. The topological polar surface area (TPSA) is 40.5 Å². The number of phenols is 2. The van der Waals surface area contributed by atoms with Gasteiger partial charge >= 0.3 is 0 Å². The highest BCUT2D eigenvalue weighted by Gasteiger charge is 2.50. The maximum atomic E-state index is 9.48. The lowest BCUT2D eigenvalue weighted by molar-refractivity contribution is -0.00322. The van der Waals surface area contributed by atoms with Gasteiger partial charge in [-0.15, -0.1) is 0 Å². The second-order valence-electron chi connectivity index (χ2n) is 6.33. The van der Waals surface area contributed by atoms with Crippen molar-refractivity contribution in [3.05, 3.63) is 41.5 Å². The third-order valence-corrected chi connectivity index (χ3v) is 4.98. The molecule has 0 spiro atoms. The van der Waals surface area contributed by atoms with E-state index in [0.717, 1.165) is 11.5 Å². The Morgan fingerprint density at radius 3 is 2.58 bits per heavy atom. The zero-order valence-electron chi connectivity index (χ0n) is 11.4. The van der Waals surface area contributed by atoms with Gasteiger partial charge in [-0.1, -0.05) is 38.1 Å². The Morgan fingerprint density at radius 1 is 1.16 bits per heavy atom. The molecule has 2 nitrogen and oxygen atoms in total. The van der Waals surface area contributed by atoms with Crippen molar-refractivity contribution in [3.63, 3.8) is 0 Å². The molecule has 0 aromatic heterocycles. The molecule has 100 valence electrons. The predicted molar refractivity (Wildman–Crippen MR) is 76.9 cm³/mol. The van der Waals surface area contributed by atoms with E-state index in [1.165, 1.54) is 24.5 Å². The first-order valence-electron chi connectivity index (χ1n) is 6.88. The van der Waals surface area contributed by atoms with Gasteiger partial charge < -0.3 is 10.2 Å². The summed E-state index contributed by atoms with van der Waals surface area (Å²) in [5.41, 5.74) is 2.77. The van der Waals surface area contributed by atoms with Gasteiger partial charge in [0.05, 0.1) is 0 Å². The van der Waals surface area contributed by atoms with Gasteiger partial charge in [0, 0.05) is 0 Å². The SMILES string of the molecule is CC1(C)[C@H]2CC=C(C=Cc3ccc(O)c(O)c3)[C@@H]1C2. The van der Waals surface area contributed by atoms with E-state index in [-0.39, 0.29) is 11.5 Å². The maximum Gasteiger partial charge on any atom is 0.157 e. The Balaban J connectivity index is 1.80. The maximum absolute atomic E-state index is 9.48. The van der Waals surface area contributed by atoms with Crippen molar-refractivity contribution in [3.8, 4) is 11.5 Å². The fourth-order valence-corrected chi connectivity index (χ4v) is 3.42. The second-order valence-corrected chi connectivity index (χ2v) is 6.33. The molecule has 1 saturated carbocycles. The monoisotopic (exact) mass is 256 g/mol. The first kappa shape index (κ1) is 12.3. The molecule has 2 heteroatoms. The van der Waals surface area contributed by atoms with Gasteiger partial charge in [0.2, 0.25) is 0 Å². The summed E-state index contributed by atoms with van der Waals surface area (Å²) in [6.45, 7) is 4.72. The van der Waals surface area contributed by atoms with E-state index in [1.807, 2.05) is 12.1 Å². The number of fused-ring (bicyclic) bond motifs is 1. The fourth-order valence-electron chi connectivity index (χ4n) is 3.42. The average Bonchev–Trinajstić information content (AvgIpc) is 2.40. The summed E-state index contributed by atoms with van der Waals surface area (Å²) in [6, 6.07) is 4.92. The van der Waals surface area contributed by atoms with E-state index < -0.39 is 0 Å². The lowest BCUT2D eigenvalue weighted by Gasteiger charge is -2.56. The molecule has 2 atom stereocenters. The highest BCUT2D eigenvalue weighted by Crippen LogP contribution is 2.59. The standard InChI is InChI=1S/C17H20O2/c1-17(2)13-7-6-12(14(17)10-13)5-3-11-4-8-15(18)16(19)9-11/h3-6,8-9,13-14,18-19H,7,10H2,1-2H3/t13-,14-/m0/s1. The molecule has 0 heterocycles.